The van der Waals surface area contributed by atoms with Gasteiger partial charge in [-0.05, 0) is 32.4 Å². The van der Waals surface area contributed by atoms with Gasteiger partial charge in [-0.25, -0.2) is 4.98 Å². The van der Waals surface area contributed by atoms with E-state index >= 15 is 0 Å². The Morgan fingerprint density at radius 3 is 2.94 bits per heavy atom. The number of fused-ring (bicyclic) bond motifs is 1. The van der Waals surface area contributed by atoms with Crippen LogP contribution in [0.4, 0.5) is 11.4 Å². The average molecular weight is 235 g/mol. The molecule has 1 atom stereocenters. The number of aromatic nitrogens is 1. The van der Waals surface area contributed by atoms with Crippen LogP contribution in [-0.4, -0.2) is 11.0 Å². The van der Waals surface area contributed by atoms with Gasteiger partial charge in [-0.2, -0.15) is 0 Å². The largest absolute Gasteiger partial charge is 0.397 e. The number of thiazole rings is 1. The Bertz CT molecular complexity index is 504. The number of hydrogen-bond acceptors (Lipinski definition) is 4. The molecule has 0 bridgehead atoms. The van der Waals surface area contributed by atoms with Crippen molar-refractivity contribution in [1.29, 1.82) is 0 Å². The first-order valence-electron chi connectivity index (χ1n) is 5.53. The first-order valence-corrected chi connectivity index (χ1v) is 6.35. The summed E-state index contributed by atoms with van der Waals surface area (Å²) < 4.78 is 1.16. The minimum absolute atomic E-state index is 0.430. The molecule has 0 fully saturated rings. The van der Waals surface area contributed by atoms with E-state index in [0.29, 0.717) is 6.04 Å². The maximum absolute atomic E-state index is 6.02. The van der Waals surface area contributed by atoms with Gasteiger partial charge in [0.1, 0.15) is 0 Å². The van der Waals surface area contributed by atoms with Crippen LogP contribution in [-0.2, 0) is 0 Å². The van der Waals surface area contributed by atoms with Crippen molar-refractivity contribution in [2.45, 2.75) is 33.2 Å². The highest BCUT2D eigenvalue weighted by molar-refractivity contribution is 7.18. The van der Waals surface area contributed by atoms with Crippen LogP contribution in [0.3, 0.4) is 0 Å². The second-order valence-corrected chi connectivity index (χ2v) is 5.33. The lowest BCUT2D eigenvalue weighted by molar-refractivity contribution is 0.765. The maximum Gasteiger partial charge on any atom is 0.0907 e. The van der Waals surface area contributed by atoms with Gasteiger partial charge in [0.25, 0.3) is 0 Å². The molecule has 0 spiro atoms. The van der Waals surface area contributed by atoms with Gasteiger partial charge in [-0.15, -0.1) is 11.3 Å². The Kier molecular flexibility index (Phi) is 3.01. The summed E-state index contributed by atoms with van der Waals surface area (Å²) in [5.74, 6) is 0. The first kappa shape index (κ1) is 11.2. The molecule has 86 valence electrons. The van der Waals surface area contributed by atoms with Gasteiger partial charge in [0, 0.05) is 6.04 Å². The molecule has 0 saturated carbocycles. The standard InChI is InChI=1S/C12H17N3S/c1-4-7(2)14-10-6-11-12(5-9(10)13)16-8(3)15-11/h5-7,14H,4,13H2,1-3H3. The number of nitrogens with zero attached hydrogens (tertiary/aromatic N) is 1. The van der Waals surface area contributed by atoms with Crippen LogP contribution >= 0.6 is 11.3 Å². The zero-order chi connectivity index (χ0) is 11.7. The normalized spacial score (nSPS) is 12.9. The molecule has 2 rings (SSSR count). The molecule has 4 heteroatoms. The molecule has 0 amide bonds. The topological polar surface area (TPSA) is 50.9 Å². The number of rotatable bonds is 3. The lowest BCUT2D eigenvalue weighted by Crippen LogP contribution is -2.14. The molecule has 0 aliphatic heterocycles. The lowest BCUT2D eigenvalue weighted by atomic mass is 10.2. The third-order valence-electron chi connectivity index (χ3n) is 2.68. The third-order valence-corrected chi connectivity index (χ3v) is 3.61. The van der Waals surface area contributed by atoms with E-state index in [1.807, 2.05) is 19.1 Å². The predicted octanol–water partition coefficient (Wildman–Crippen LogP) is 3.40. The minimum atomic E-state index is 0.430. The van der Waals surface area contributed by atoms with E-state index in [4.69, 9.17) is 5.73 Å². The second kappa shape index (κ2) is 4.29. The summed E-state index contributed by atoms with van der Waals surface area (Å²) in [4.78, 5) is 4.47. The quantitative estimate of drug-likeness (QED) is 0.802. The van der Waals surface area contributed by atoms with E-state index in [0.717, 1.165) is 33.0 Å². The van der Waals surface area contributed by atoms with Crippen LogP contribution in [0.5, 0.6) is 0 Å². The predicted molar refractivity (Wildman–Crippen MR) is 72.1 cm³/mol. The van der Waals surface area contributed by atoms with E-state index < -0.39 is 0 Å². The number of benzene rings is 1. The molecule has 1 aromatic heterocycles. The Balaban J connectivity index is 2.41. The van der Waals surface area contributed by atoms with Gasteiger partial charge in [0.05, 0.1) is 26.6 Å². The van der Waals surface area contributed by atoms with E-state index in [-0.39, 0.29) is 0 Å². The Hall–Kier alpha value is -1.29. The Morgan fingerprint density at radius 1 is 1.50 bits per heavy atom. The zero-order valence-electron chi connectivity index (χ0n) is 9.87. The van der Waals surface area contributed by atoms with Crippen LogP contribution in [0.1, 0.15) is 25.3 Å². The van der Waals surface area contributed by atoms with Crippen molar-refractivity contribution in [2.75, 3.05) is 11.1 Å². The monoisotopic (exact) mass is 235 g/mol. The average Bonchev–Trinajstić information content (AvgIpc) is 2.58. The fourth-order valence-corrected chi connectivity index (χ4v) is 2.45. The second-order valence-electron chi connectivity index (χ2n) is 4.09. The SMILES string of the molecule is CCC(C)Nc1cc2nc(C)sc2cc1N. The molecule has 2 aromatic rings. The molecule has 0 aliphatic carbocycles. The molecule has 1 heterocycles. The molecule has 3 nitrogen and oxygen atoms in total. The summed E-state index contributed by atoms with van der Waals surface area (Å²) in [5.41, 5.74) is 8.84. The van der Waals surface area contributed by atoms with Crippen LogP contribution in [0, 0.1) is 6.92 Å². The van der Waals surface area contributed by atoms with Crippen LogP contribution < -0.4 is 11.1 Å². The molecule has 3 N–H and O–H groups in total. The van der Waals surface area contributed by atoms with Gasteiger partial charge < -0.3 is 11.1 Å². The van der Waals surface area contributed by atoms with Gasteiger partial charge in [-0.1, -0.05) is 6.92 Å². The Morgan fingerprint density at radius 2 is 2.25 bits per heavy atom. The fourth-order valence-electron chi connectivity index (χ4n) is 1.60. The van der Waals surface area contributed by atoms with E-state index in [9.17, 15) is 0 Å². The summed E-state index contributed by atoms with van der Waals surface area (Å²) in [5, 5.41) is 4.48. The number of anilines is 2. The molecule has 0 radical (unpaired) electrons. The summed E-state index contributed by atoms with van der Waals surface area (Å²) in [6.07, 6.45) is 1.08. The summed E-state index contributed by atoms with van der Waals surface area (Å²) in [6.45, 7) is 6.32. The highest BCUT2D eigenvalue weighted by Crippen LogP contribution is 2.30. The first-order chi connectivity index (χ1) is 7.60. The number of aryl methyl sites for hydroxylation is 1. The van der Waals surface area contributed by atoms with Gasteiger partial charge in [0.2, 0.25) is 0 Å². The van der Waals surface area contributed by atoms with Crippen molar-refractivity contribution in [1.82, 2.24) is 4.98 Å². The van der Waals surface area contributed by atoms with E-state index in [2.05, 4.69) is 24.1 Å². The van der Waals surface area contributed by atoms with Gasteiger partial charge >= 0.3 is 0 Å². The van der Waals surface area contributed by atoms with Crippen molar-refractivity contribution in [2.24, 2.45) is 0 Å². The molecule has 0 saturated heterocycles. The molecule has 16 heavy (non-hydrogen) atoms. The molecular formula is C12H17N3S. The van der Waals surface area contributed by atoms with Gasteiger partial charge in [0.15, 0.2) is 0 Å². The highest BCUT2D eigenvalue weighted by Gasteiger charge is 2.07. The van der Waals surface area contributed by atoms with Crippen molar-refractivity contribution in [3.05, 3.63) is 17.1 Å². The molecule has 0 aliphatic rings. The van der Waals surface area contributed by atoms with Crippen LogP contribution in [0.15, 0.2) is 12.1 Å². The maximum atomic E-state index is 6.02. The third kappa shape index (κ3) is 2.11. The van der Waals surface area contributed by atoms with E-state index in [1.165, 1.54) is 0 Å². The number of hydrogen-bond donors (Lipinski definition) is 2. The summed E-state index contributed by atoms with van der Waals surface area (Å²) in [6, 6.07) is 4.48. The van der Waals surface area contributed by atoms with Crippen LogP contribution in [0.2, 0.25) is 0 Å². The zero-order valence-corrected chi connectivity index (χ0v) is 10.7. The van der Waals surface area contributed by atoms with E-state index in [1.54, 1.807) is 11.3 Å². The van der Waals surface area contributed by atoms with Gasteiger partial charge in [-0.3, -0.25) is 0 Å². The van der Waals surface area contributed by atoms with Crippen molar-refractivity contribution in [3.8, 4) is 0 Å². The fraction of sp³-hybridized carbons (Fsp3) is 0.417. The molecule has 1 unspecified atom stereocenters. The number of nitrogen functional groups attached to an aromatic ring is 1. The number of nitrogens with two attached hydrogens (primary N) is 1. The van der Waals surface area contributed by atoms with Crippen molar-refractivity contribution >= 4 is 32.9 Å². The van der Waals surface area contributed by atoms with Crippen molar-refractivity contribution < 1.29 is 0 Å². The molecular weight excluding hydrogens is 218 g/mol. The summed E-state index contributed by atoms with van der Waals surface area (Å²) >= 11 is 1.68. The highest BCUT2D eigenvalue weighted by atomic mass is 32.1. The summed E-state index contributed by atoms with van der Waals surface area (Å²) in [7, 11) is 0. The lowest BCUT2D eigenvalue weighted by Gasteiger charge is -2.14. The van der Waals surface area contributed by atoms with Crippen molar-refractivity contribution in [3.63, 3.8) is 0 Å². The minimum Gasteiger partial charge on any atom is -0.397 e. The molecule has 1 aromatic carbocycles. The smallest absolute Gasteiger partial charge is 0.0907 e. The number of nitrogens with one attached hydrogen (secondary N) is 1. The Labute approximate surface area is 99.7 Å². The van der Waals surface area contributed by atoms with Crippen LogP contribution in [0.25, 0.3) is 10.2 Å².